The van der Waals surface area contributed by atoms with Crippen molar-refractivity contribution in [3.05, 3.63) is 28.2 Å². The molecule has 0 aliphatic heterocycles. The summed E-state index contributed by atoms with van der Waals surface area (Å²) in [6, 6.07) is 5.62. The van der Waals surface area contributed by atoms with Crippen LogP contribution in [0.5, 0.6) is 5.75 Å². The number of methoxy groups -OCH3 is 1. The number of hydrogen-bond donors (Lipinski definition) is 2. The van der Waals surface area contributed by atoms with Gasteiger partial charge < -0.3 is 15.8 Å². The van der Waals surface area contributed by atoms with Crippen molar-refractivity contribution in [1.82, 2.24) is 5.32 Å². The van der Waals surface area contributed by atoms with Gasteiger partial charge in [-0.05, 0) is 53.9 Å². The van der Waals surface area contributed by atoms with Gasteiger partial charge in [0.2, 0.25) is 5.91 Å². The Labute approximate surface area is 122 Å². The van der Waals surface area contributed by atoms with Crippen molar-refractivity contribution in [2.45, 2.75) is 38.8 Å². The molecule has 0 spiro atoms. The molecule has 1 amide bonds. The van der Waals surface area contributed by atoms with Crippen LogP contribution in [0.3, 0.4) is 0 Å². The van der Waals surface area contributed by atoms with Crippen molar-refractivity contribution in [3.8, 4) is 5.75 Å². The smallest absolute Gasteiger partial charge is 0.240 e. The third kappa shape index (κ3) is 3.94. The van der Waals surface area contributed by atoms with Crippen molar-refractivity contribution < 1.29 is 9.53 Å². The molecule has 1 aromatic carbocycles. The zero-order chi connectivity index (χ0) is 14.6. The number of rotatable bonds is 5. The minimum atomic E-state index is -0.835. The second-order valence-electron chi connectivity index (χ2n) is 4.86. The number of benzene rings is 1. The Balaban J connectivity index is 2.81. The lowest BCUT2D eigenvalue weighted by molar-refractivity contribution is -0.126. The molecule has 0 radical (unpaired) electrons. The first-order valence-corrected chi connectivity index (χ1v) is 7.04. The predicted molar refractivity (Wildman–Crippen MR) is 80.1 cm³/mol. The second-order valence-corrected chi connectivity index (χ2v) is 5.71. The second kappa shape index (κ2) is 6.39. The quantitative estimate of drug-likeness (QED) is 0.873. The van der Waals surface area contributed by atoms with Crippen molar-refractivity contribution in [3.63, 3.8) is 0 Å². The summed E-state index contributed by atoms with van der Waals surface area (Å²) < 4.78 is 6.04. The zero-order valence-corrected chi connectivity index (χ0v) is 13.4. The third-order valence-electron chi connectivity index (χ3n) is 3.28. The largest absolute Gasteiger partial charge is 0.496 e. The Morgan fingerprint density at radius 2 is 2.21 bits per heavy atom. The molecular formula is C14H21BrN2O2. The Bertz CT molecular complexity index is 461. The summed E-state index contributed by atoms with van der Waals surface area (Å²) in [6.07, 6.45) is 0.595. The molecule has 0 fully saturated rings. The van der Waals surface area contributed by atoms with E-state index in [9.17, 15) is 4.79 Å². The summed E-state index contributed by atoms with van der Waals surface area (Å²) in [5.74, 6) is 0.619. The van der Waals surface area contributed by atoms with Crippen LogP contribution >= 0.6 is 15.9 Å². The Morgan fingerprint density at radius 1 is 1.58 bits per heavy atom. The number of nitrogens with one attached hydrogen (secondary N) is 1. The molecule has 3 N–H and O–H groups in total. The normalized spacial score (nSPS) is 15.5. The van der Waals surface area contributed by atoms with E-state index in [1.807, 2.05) is 32.0 Å². The van der Waals surface area contributed by atoms with Crippen LogP contribution in [0, 0.1) is 0 Å². The molecular weight excluding hydrogens is 308 g/mol. The van der Waals surface area contributed by atoms with Crippen LogP contribution < -0.4 is 15.8 Å². The van der Waals surface area contributed by atoms with Gasteiger partial charge in [-0.3, -0.25) is 4.79 Å². The highest BCUT2D eigenvalue weighted by molar-refractivity contribution is 9.10. The maximum Gasteiger partial charge on any atom is 0.240 e. The van der Waals surface area contributed by atoms with Gasteiger partial charge in [0, 0.05) is 0 Å². The number of halogens is 1. The van der Waals surface area contributed by atoms with Gasteiger partial charge in [0.25, 0.3) is 0 Å². The summed E-state index contributed by atoms with van der Waals surface area (Å²) in [4.78, 5) is 12.0. The van der Waals surface area contributed by atoms with Crippen molar-refractivity contribution in [2.75, 3.05) is 7.11 Å². The van der Waals surface area contributed by atoms with Crippen LogP contribution in [0.15, 0.2) is 22.7 Å². The summed E-state index contributed by atoms with van der Waals surface area (Å²) >= 11 is 3.43. The highest BCUT2D eigenvalue weighted by Crippen LogP contribution is 2.28. The molecule has 106 valence electrons. The number of hydrogen-bond acceptors (Lipinski definition) is 3. The van der Waals surface area contributed by atoms with Gasteiger partial charge in [-0.1, -0.05) is 13.0 Å². The molecule has 0 bridgehead atoms. The van der Waals surface area contributed by atoms with E-state index in [0.717, 1.165) is 15.8 Å². The minimum Gasteiger partial charge on any atom is -0.496 e. The van der Waals surface area contributed by atoms with E-state index < -0.39 is 5.54 Å². The average molecular weight is 329 g/mol. The fourth-order valence-corrected chi connectivity index (χ4v) is 2.12. The van der Waals surface area contributed by atoms with E-state index >= 15 is 0 Å². The Morgan fingerprint density at radius 3 is 2.68 bits per heavy atom. The van der Waals surface area contributed by atoms with Gasteiger partial charge in [0.05, 0.1) is 23.2 Å². The van der Waals surface area contributed by atoms with Gasteiger partial charge in [-0.2, -0.15) is 0 Å². The Hall–Kier alpha value is -1.07. The molecule has 0 saturated heterocycles. The van der Waals surface area contributed by atoms with Crippen LogP contribution in [-0.4, -0.2) is 18.6 Å². The highest BCUT2D eigenvalue weighted by Gasteiger charge is 2.27. The SMILES string of the molecule is CCC(C)(N)C(=O)NC(C)c1ccc(OC)c(Br)c1. The van der Waals surface area contributed by atoms with E-state index in [0.29, 0.717) is 6.42 Å². The summed E-state index contributed by atoms with van der Waals surface area (Å²) in [7, 11) is 1.62. The molecule has 2 unspecified atom stereocenters. The lowest BCUT2D eigenvalue weighted by Gasteiger charge is -2.25. The maximum atomic E-state index is 12.0. The van der Waals surface area contributed by atoms with Crippen molar-refractivity contribution >= 4 is 21.8 Å². The first kappa shape index (κ1) is 16.0. The molecule has 5 heteroatoms. The third-order valence-corrected chi connectivity index (χ3v) is 3.90. The molecule has 4 nitrogen and oxygen atoms in total. The van der Waals surface area contributed by atoms with Crippen LogP contribution in [0.1, 0.15) is 38.8 Å². The zero-order valence-electron chi connectivity index (χ0n) is 11.8. The van der Waals surface area contributed by atoms with Crippen LogP contribution in [0.4, 0.5) is 0 Å². The van der Waals surface area contributed by atoms with Gasteiger partial charge >= 0.3 is 0 Å². The fourth-order valence-electron chi connectivity index (χ4n) is 1.56. The minimum absolute atomic E-state index is 0.107. The molecule has 0 aliphatic carbocycles. The lowest BCUT2D eigenvalue weighted by atomic mass is 9.98. The number of carbonyl (C=O) groups is 1. The molecule has 0 aliphatic rings. The van der Waals surface area contributed by atoms with Crippen LogP contribution in [0.25, 0.3) is 0 Å². The van der Waals surface area contributed by atoms with Gasteiger partial charge in [0.15, 0.2) is 0 Å². The molecule has 2 atom stereocenters. The predicted octanol–water partition coefficient (Wildman–Crippen LogP) is 2.76. The summed E-state index contributed by atoms with van der Waals surface area (Å²) in [6.45, 7) is 5.56. The Kier molecular flexibility index (Phi) is 5.38. The van der Waals surface area contributed by atoms with E-state index in [1.54, 1.807) is 14.0 Å². The van der Waals surface area contributed by atoms with Crippen molar-refractivity contribution in [1.29, 1.82) is 0 Å². The van der Waals surface area contributed by atoms with Gasteiger partial charge in [-0.25, -0.2) is 0 Å². The van der Waals surface area contributed by atoms with E-state index in [1.165, 1.54) is 0 Å². The van der Waals surface area contributed by atoms with Gasteiger partial charge in [0.1, 0.15) is 5.75 Å². The first-order chi connectivity index (χ1) is 8.81. The van der Waals surface area contributed by atoms with Crippen molar-refractivity contribution in [2.24, 2.45) is 5.73 Å². The first-order valence-electron chi connectivity index (χ1n) is 6.25. The monoisotopic (exact) mass is 328 g/mol. The molecule has 1 rings (SSSR count). The highest BCUT2D eigenvalue weighted by atomic mass is 79.9. The van der Waals surface area contributed by atoms with E-state index in [4.69, 9.17) is 10.5 Å². The molecule has 0 heterocycles. The van der Waals surface area contributed by atoms with Crippen LogP contribution in [-0.2, 0) is 4.79 Å². The maximum absolute atomic E-state index is 12.0. The molecule has 0 saturated carbocycles. The molecule has 19 heavy (non-hydrogen) atoms. The number of ether oxygens (including phenoxy) is 1. The van der Waals surface area contributed by atoms with E-state index in [-0.39, 0.29) is 11.9 Å². The summed E-state index contributed by atoms with van der Waals surface area (Å²) in [5, 5.41) is 2.93. The summed E-state index contributed by atoms with van der Waals surface area (Å²) in [5.41, 5.74) is 6.08. The lowest BCUT2D eigenvalue weighted by Crippen LogP contribution is -2.51. The molecule has 1 aromatic rings. The molecule has 0 aromatic heterocycles. The standard InChI is InChI=1S/C14H21BrN2O2/c1-5-14(3,16)13(18)17-9(2)10-6-7-12(19-4)11(15)8-10/h6-9H,5,16H2,1-4H3,(H,17,18). The topological polar surface area (TPSA) is 64.4 Å². The average Bonchev–Trinajstić information content (AvgIpc) is 2.38. The van der Waals surface area contributed by atoms with Gasteiger partial charge in [-0.15, -0.1) is 0 Å². The van der Waals surface area contributed by atoms with Crippen LogP contribution in [0.2, 0.25) is 0 Å². The number of nitrogens with two attached hydrogens (primary N) is 1. The van der Waals surface area contributed by atoms with E-state index in [2.05, 4.69) is 21.2 Å². The number of amides is 1. The fraction of sp³-hybridized carbons (Fsp3) is 0.500. The number of carbonyl (C=O) groups excluding carboxylic acids is 1.